The molecule has 2 heterocycles. The summed E-state index contributed by atoms with van der Waals surface area (Å²) in [4.78, 5) is 2.40. The highest BCUT2D eigenvalue weighted by atomic mass is 16.3. The Morgan fingerprint density at radius 2 is 2.09 bits per heavy atom. The fourth-order valence-corrected chi connectivity index (χ4v) is 3.21. The first-order valence-corrected chi connectivity index (χ1v) is 7.79. The molecule has 4 heteroatoms. The zero-order valence-corrected chi connectivity index (χ0v) is 13.0. The van der Waals surface area contributed by atoms with Gasteiger partial charge in [-0.3, -0.25) is 9.58 Å². The molecule has 22 heavy (non-hydrogen) atoms. The number of aliphatic hydroxyl groups excluding tert-OH is 1. The van der Waals surface area contributed by atoms with Gasteiger partial charge >= 0.3 is 0 Å². The van der Waals surface area contributed by atoms with Crippen LogP contribution in [0.4, 0.5) is 0 Å². The van der Waals surface area contributed by atoms with Crippen LogP contribution in [0.3, 0.4) is 0 Å². The summed E-state index contributed by atoms with van der Waals surface area (Å²) in [6.45, 7) is 3.08. The Labute approximate surface area is 131 Å². The predicted octanol–water partition coefficient (Wildman–Crippen LogP) is 2.14. The SMILES string of the molecule is Cn1cc([C@@H]2CN(C/C=C/c3ccccc3)C[C@H]2CO)cn1. The van der Waals surface area contributed by atoms with E-state index < -0.39 is 0 Å². The van der Waals surface area contributed by atoms with E-state index in [1.54, 1.807) is 0 Å². The van der Waals surface area contributed by atoms with Crippen LogP contribution in [-0.4, -0.2) is 46.0 Å². The highest BCUT2D eigenvalue weighted by molar-refractivity contribution is 5.48. The van der Waals surface area contributed by atoms with Crippen LogP contribution >= 0.6 is 0 Å². The number of aliphatic hydroxyl groups is 1. The highest BCUT2D eigenvalue weighted by Crippen LogP contribution is 2.31. The Morgan fingerprint density at radius 1 is 1.27 bits per heavy atom. The van der Waals surface area contributed by atoms with Gasteiger partial charge in [0.15, 0.2) is 0 Å². The van der Waals surface area contributed by atoms with Crippen molar-refractivity contribution in [1.82, 2.24) is 14.7 Å². The van der Waals surface area contributed by atoms with Crippen LogP contribution in [0, 0.1) is 5.92 Å². The molecule has 0 unspecified atom stereocenters. The van der Waals surface area contributed by atoms with Gasteiger partial charge in [0.1, 0.15) is 0 Å². The van der Waals surface area contributed by atoms with Crippen LogP contribution in [0.2, 0.25) is 0 Å². The number of aryl methyl sites for hydroxylation is 1. The topological polar surface area (TPSA) is 41.3 Å². The molecule has 1 aromatic carbocycles. The summed E-state index contributed by atoms with van der Waals surface area (Å²) in [5.41, 5.74) is 2.46. The lowest BCUT2D eigenvalue weighted by atomic mass is 9.92. The number of hydrogen-bond donors (Lipinski definition) is 1. The number of benzene rings is 1. The lowest BCUT2D eigenvalue weighted by Crippen LogP contribution is -2.21. The minimum Gasteiger partial charge on any atom is -0.396 e. The van der Waals surface area contributed by atoms with Gasteiger partial charge in [0.2, 0.25) is 0 Å². The molecule has 1 fully saturated rings. The van der Waals surface area contributed by atoms with Crippen LogP contribution < -0.4 is 0 Å². The van der Waals surface area contributed by atoms with Gasteiger partial charge in [-0.05, 0) is 11.1 Å². The van der Waals surface area contributed by atoms with Crippen molar-refractivity contribution >= 4 is 6.08 Å². The van der Waals surface area contributed by atoms with Crippen molar-refractivity contribution < 1.29 is 5.11 Å². The summed E-state index contributed by atoms with van der Waals surface area (Å²) in [6.07, 6.45) is 8.36. The van der Waals surface area contributed by atoms with Crippen molar-refractivity contribution in [2.75, 3.05) is 26.2 Å². The predicted molar refractivity (Wildman–Crippen MR) is 88.4 cm³/mol. The fraction of sp³-hybridized carbons (Fsp3) is 0.389. The summed E-state index contributed by atoms with van der Waals surface area (Å²) in [5.74, 6) is 0.679. The molecule has 2 aromatic rings. The molecule has 2 atom stereocenters. The standard InChI is InChI=1S/C18H23N3O/c1-20-11-16(10-19-20)18-13-21(12-17(18)14-22)9-5-8-15-6-3-2-4-7-15/h2-8,10-11,17-18,22H,9,12-14H2,1H3/b8-5+/t17-,18-/m0/s1. The van der Waals surface area contributed by atoms with Gasteiger partial charge in [0.05, 0.1) is 6.20 Å². The summed E-state index contributed by atoms with van der Waals surface area (Å²) in [6, 6.07) is 10.3. The number of hydrogen-bond acceptors (Lipinski definition) is 3. The van der Waals surface area contributed by atoms with E-state index in [0.717, 1.165) is 19.6 Å². The van der Waals surface area contributed by atoms with Crippen LogP contribution in [-0.2, 0) is 7.05 Å². The average Bonchev–Trinajstić information content (AvgIpc) is 3.14. The molecule has 1 aliphatic heterocycles. The molecule has 0 spiro atoms. The molecule has 0 amide bonds. The monoisotopic (exact) mass is 297 g/mol. The van der Waals surface area contributed by atoms with Gasteiger partial charge in [-0.15, -0.1) is 0 Å². The van der Waals surface area contributed by atoms with E-state index in [1.807, 2.05) is 24.0 Å². The van der Waals surface area contributed by atoms with Crippen LogP contribution in [0.15, 0.2) is 48.8 Å². The lowest BCUT2D eigenvalue weighted by Gasteiger charge is -2.13. The van der Waals surface area contributed by atoms with Crippen molar-refractivity contribution in [3.63, 3.8) is 0 Å². The largest absolute Gasteiger partial charge is 0.396 e. The summed E-state index contributed by atoms with van der Waals surface area (Å²) >= 11 is 0. The minimum atomic E-state index is 0.235. The van der Waals surface area contributed by atoms with E-state index >= 15 is 0 Å². The average molecular weight is 297 g/mol. The molecular weight excluding hydrogens is 274 g/mol. The second kappa shape index (κ2) is 6.90. The number of rotatable bonds is 5. The van der Waals surface area contributed by atoms with Gasteiger partial charge in [-0.1, -0.05) is 42.5 Å². The molecule has 116 valence electrons. The Morgan fingerprint density at radius 3 is 2.77 bits per heavy atom. The zero-order valence-electron chi connectivity index (χ0n) is 13.0. The molecule has 0 bridgehead atoms. The fourth-order valence-electron chi connectivity index (χ4n) is 3.21. The maximum absolute atomic E-state index is 9.65. The summed E-state index contributed by atoms with van der Waals surface area (Å²) in [5, 5.41) is 13.9. The van der Waals surface area contributed by atoms with E-state index in [-0.39, 0.29) is 6.61 Å². The molecule has 1 N–H and O–H groups in total. The third-order valence-corrected chi connectivity index (χ3v) is 4.38. The van der Waals surface area contributed by atoms with E-state index in [0.29, 0.717) is 11.8 Å². The highest BCUT2D eigenvalue weighted by Gasteiger charge is 2.33. The van der Waals surface area contributed by atoms with Gasteiger partial charge in [-0.2, -0.15) is 5.10 Å². The minimum absolute atomic E-state index is 0.235. The quantitative estimate of drug-likeness (QED) is 0.919. The van der Waals surface area contributed by atoms with Gasteiger partial charge in [0, 0.05) is 51.3 Å². The van der Waals surface area contributed by atoms with E-state index in [4.69, 9.17) is 0 Å². The maximum atomic E-state index is 9.65. The maximum Gasteiger partial charge on any atom is 0.0525 e. The van der Waals surface area contributed by atoms with Crippen molar-refractivity contribution in [2.24, 2.45) is 13.0 Å². The molecule has 1 saturated heterocycles. The van der Waals surface area contributed by atoms with Gasteiger partial charge in [-0.25, -0.2) is 0 Å². The molecule has 0 saturated carbocycles. The van der Waals surface area contributed by atoms with Crippen LogP contribution in [0.25, 0.3) is 6.08 Å². The number of likely N-dealkylation sites (tertiary alicyclic amines) is 1. The Bertz CT molecular complexity index is 620. The second-order valence-corrected chi connectivity index (χ2v) is 6.03. The molecule has 4 nitrogen and oxygen atoms in total. The second-order valence-electron chi connectivity index (χ2n) is 6.03. The summed E-state index contributed by atoms with van der Waals surface area (Å²) in [7, 11) is 1.94. The Kier molecular flexibility index (Phi) is 4.71. The van der Waals surface area contributed by atoms with E-state index in [1.165, 1.54) is 11.1 Å². The summed E-state index contributed by atoms with van der Waals surface area (Å²) < 4.78 is 1.84. The van der Waals surface area contributed by atoms with Gasteiger partial charge in [0.25, 0.3) is 0 Å². The van der Waals surface area contributed by atoms with Crippen molar-refractivity contribution in [3.8, 4) is 0 Å². The van der Waals surface area contributed by atoms with Crippen molar-refractivity contribution in [1.29, 1.82) is 0 Å². The first-order chi connectivity index (χ1) is 10.8. The third kappa shape index (κ3) is 3.46. The van der Waals surface area contributed by atoms with E-state index in [2.05, 4.69) is 52.6 Å². The van der Waals surface area contributed by atoms with E-state index in [9.17, 15) is 5.11 Å². The number of nitrogens with zero attached hydrogens (tertiary/aromatic N) is 3. The zero-order chi connectivity index (χ0) is 15.4. The van der Waals surface area contributed by atoms with Crippen molar-refractivity contribution in [3.05, 3.63) is 59.9 Å². The first-order valence-electron chi connectivity index (χ1n) is 7.79. The molecular formula is C18H23N3O. The molecule has 1 aliphatic rings. The van der Waals surface area contributed by atoms with Gasteiger partial charge < -0.3 is 5.11 Å². The smallest absolute Gasteiger partial charge is 0.0525 e. The molecule has 1 aromatic heterocycles. The third-order valence-electron chi connectivity index (χ3n) is 4.38. The number of aromatic nitrogens is 2. The molecule has 0 radical (unpaired) electrons. The Balaban J connectivity index is 1.61. The lowest BCUT2D eigenvalue weighted by molar-refractivity contribution is 0.217. The molecule has 0 aliphatic carbocycles. The molecule has 3 rings (SSSR count). The normalized spacial score (nSPS) is 22.6. The van der Waals surface area contributed by atoms with Crippen LogP contribution in [0.5, 0.6) is 0 Å². The van der Waals surface area contributed by atoms with Crippen molar-refractivity contribution in [2.45, 2.75) is 5.92 Å². The first kappa shape index (κ1) is 15.0. The Hall–Kier alpha value is -1.91. The van der Waals surface area contributed by atoms with Crippen LogP contribution in [0.1, 0.15) is 17.0 Å².